The van der Waals surface area contributed by atoms with Crippen LogP contribution in [0.25, 0.3) is 0 Å². The standard InChI is InChI=1S/C13H20N6OS/c1-8(2)20-13-17-11(16-12(18-13)19-14)15-9(3)7-10-5-4-6-21-10/h4-6,8-9H,7,14H2,1-3H3,(H2,15,16,17,18,19). The molecule has 21 heavy (non-hydrogen) atoms. The molecule has 0 bridgehead atoms. The van der Waals surface area contributed by atoms with Gasteiger partial charge in [-0.1, -0.05) is 6.07 Å². The number of aromatic nitrogens is 3. The summed E-state index contributed by atoms with van der Waals surface area (Å²) in [5.41, 5.74) is 2.42. The van der Waals surface area contributed by atoms with Crippen LogP contribution in [-0.4, -0.2) is 27.1 Å². The summed E-state index contributed by atoms with van der Waals surface area (Å²) in [7, 11) is 0. The van der Waals surface area contributed by atoms with Crippen molar-refractivity contribution in [3.8, 4) is 6.01 Å². The molecule has 4 N–H and O–H groups in total. The van der Waals surface area contributed by atoms with Crippen molar-refractivity contribution >= 4 is 23.2 Å². The number of nitrogens with zero attached hydrogens (tertiary/aromatic N) is 3. The van der Waals surface area contributed by atoms with Crippen molar-refractivity contribution in [1.29, 1.82) is 0 Å². The minimum atomic E-state index is -0.0191. The number of nitrogens with one attached hydrogen (secondary N) is 2. The summed E-state index contributed by atoms with van der Waals surface area (Å²) in [5, 5.41) is 5.30. The molecule has 7 nitrogen and oxygen atoms in total. The second-order valence-corrected chi connectivity index (χ2v) is 5.94. The number of thiophene rings is 1. The van der Waals surface area contributed by atoms with Crippen LogP contribution in [0.2, 0.25) is 0 Å². The first kappa shape index (κ1) is 15.5. The molecule has 1 atom stereocenters. The highest BCUT2D eigenvalue weighted by Crippen LogP contribution is 2.15. The van der Waals surface area contributed by atoms with Crippen molar-refractivity contribution in [3.63, 3.8) is 0 Å². The van der Waals surface area contributed by atoms with Crippen molar-refractivity contribution in [3.05, 3.63) is 22.4 Å². The molecular formula is C13H20N6OS. The van der Waals surface area contributed by atoms with Crippen LogP contribution in [0.3, 0.4) is 0 Å². The number of hydrogen-bond donors (Lipinski definition) is 3. The number of hydrogen-bond acceptors (Lipinski definition) is 8. The average Bonchev–Trinajstić information content (AvgIpc) is 2.90. The van der Waals surface area contributed by atoms with Gasteiger partial charge in [0.1, 0.15) is 0 Å². The molecule has 2 aromatic heterocycles. The van der Waals surface area contributed by atoms with E-state index in [-0.39, 0.29) is 24.1 Å². The molecule has 0 amide bonds. The number of nitrogen functional groups attached to an aromatic ring is 1. The van der Waals surface area contributed by atoms with E-state index in [9.17, 15) is 0 Å². The lowest BCUT2D eigenvalue weighted by molar-refractivity contribution is 0.222. The Kier molecular flexibility index (Phi) is 5.29. The molecule has 0 aliphatic rings. The van der Waals surface area contributed by atoms with Crippen molar-refractivity contribution in [2.45, 2.75) is 39.3 Å². The Labute approximate surface area is 128 Å². The lowest BCUT2D eigenvalue weighted by Gasteiger charge is -2.15. The maximum atomic E-state index is 5.49. The Bertz CT molecular complexity index is 560. The van der Waals surface area contributed by atoms with Gasteiger partial charge in [0, 0.05) is 17.3 Å². The highest BCUT2D eigenvalue weighted by Gasteiger charge is 2.11. The zero-order chi connectivity index (χ0) is 15.2. The summed E-state index contributed by atoms with van der Waals surface area (Å²) in [4.78, 5) is 13.8. The summed E-state index contributed by atoms with van der Waals surface area (Å²) >= 11 is 1.73. The minimum absolute atomic E-state index is 0.0191. The molecule has 2 heterocycles. The van der Waals surface area contributed by atoms with Gasteiger partial charge in [0.25, 0.3) is 0 Å². The Hall–Kier alpha value is -1.93. The molecule has 1 unspecified atom stereocenters. The third-order valence-corrected chi connectivity index (χ3v) is 3.45. The Morgan fingerprint density at radius 1 is 1.24 bits per heavy atom. The van der Waals surface area contributed by atoms with Crippen LogP contribution < -0.4 is 21.3 Å². The van der Waals surface area contributed by atoms with Crippen LogP contribution >= 0.6 is 11.3 Å². The van der Waals surface area contributed by atoms with E-state index in [1.807, 2.05) is 19.9 Å². The SMILES string of the molecule is CC(Cc1cccs1)Nc1nc(NN)nc(OC(C)C)n1. The van der Waals surface area contributed by atoms with Crippen LogP contribution in [0.5, 0.6) is 6.01 Å². The Morgan fingerprint density at radius 3 is 2.62 bits per heavy atom. The molecule has 0 radical (unpaired) electrons. The Balaban J connectivity index is 2.07. The quantitative estimate of drug-likeness (QED) is 0.532. The molecule has 0 aromatic carbocycles. The minimum Gasteiger partial charge on any atom is -0.461 e. The molecule has 114 valence electrons. The second-order valence-electron chi connectivity index (χ2n) is 4.91. The topological polar surface area (TPSA) is 98.0 Å². The van der Waals surface area contributed by atoms with Crippen LogP contribution in [0, 0.1) is 0 Å². The third-order valence-electron chi connectivity index (χ3n) is 2.55. The molecule has 2 rings (SSSR count). The molecular weight excluding hydrogens is 288 g/mol. The number of rotatable bonds is 7. The first-order valence-electron chi connectivity index (χ1n) is 6.75. The van der Waals surface area contributed by atoms with E-state index in [0.29, 0.717) is 5.95 Å². The fraction of sp³-hybridized carbons (Fsp3) is 0.462. The van der Waals surface area contributed by atoms with Gasteiger partial charge in [-0.15, -0.1) is 11.3 Å². The van der Waals surface area contributed by atoms with Gasteiger partial charge < -0.3 is 10.1 Å². The number of hydrazine groups is 1. The van der Waals surface area contributed by atoms with E-state index in [4.69, 9.17) is 10.6 Å². The summed E-state index contributed by atoms with van der Waals surface area (Å²) in [6, 6.07) is 4.58. The van der Waals surface area contributed by atoms with Gasteiger partial charge >= 0.3 is 6.01 Å². The van der Waals surface area contributed by atoms with Gasteiger partial charge in [0.05, 0.1) is 6.10 Å². The molecule has 8 heteroatoms. The van der Waals surface area contributed by atoms with Crippen molar-refractivity contribution < 1.29 is 4.74 Å². The first-order valence-corrected chi connectivity index (χ1v) is 7.63. The zero-order valence-electron chi connectivity index (χ0n) is 12.3. The van der Waals surface area contributed by atoms with Gasteiger partial charge in [-0.2, -0.15) is 15.0 Å². The average molecular weight is 308 g/mol. The predicted octanol–water partition coefficient (Wildman–Crippen LogP) is 2.05. The monoisotopic (exact) mass is 308 g/mol. The Morgan fingerprint density at radius 2 is 2.00 bits per heavy atom. The van der Waals surface area contributed by atoms with E-state index in [0.717, 1.165) is 6.42 Å². The summed E-state index contributed by atoms with van der Waals surface area (Å²) in [5.74, 6) is 6.09. The highest BCUT2D eigenvalue weighted by atomic mass is 32.1. The van der Waals surface area contributed by atoms with Gasteiger partial charge in [0.15, 0.2) is 0 Å². The highest BCUT2D eigenvalue weighted by molar-refractivity contribution is 7.09. The largest absolute Gasteiger partial charge is 0.461 e. The number of ether oxygens (including phenoxy) is 1. The first-order chi connectivity index (χ1) is 10.1. The second kappa shape index (κ2) is 7.19. The zero-order valence-corrected chi connectivity index (χ0v) is 13.1. The summed E-state index contributed by atoms with van der Waals surface area (Å²) < 4.78 is 5.49. The van der Waals surface area contributed by atoms with E-state index >= 15 is 0 Å². The smallest absolute Gasteiger partial charge is 0.323 e. The van der Waals surface area contributed by atoms with E-state index in [1.165, 1.54) is 4.88 Å². The van der Waals surface area contributed by atoms with Crippen LogP contribution in [-0.2, 0) is 6.42 Å². The summed E-state index contributed by atoms with van der Waals surface area (Å²) in [6.45, 7) is 5.89. The van der Waals surface area contributed by atoms with E-state index < -0.39 is 0 Å². The maximum Gasteiger partial charge on any atom is 0.323 e. The van der Waals surface area contributed by atoms with E-state index in [2.05, 4.69) is 44.1 Å². The molecule has 0 spiro atoms. The van der Waals surface area contributed by atoms with Crippen LogP contribution in [0.4, 0.5) is 11.9 Å². The molecule has 2 aromatic rings. The lowest BCUT2D eigenvalue weighted by Crippen LogP contribution is -2.21. The van der Waals surface area contributed by atoms with E-state index in [1.54, 1.807) is 11.3 Å². The van der Waals surface area contributed by atoms with Crippen LogP contribution in [0.1, 0.15) is 25.6 Å². The van der Waals surface area contributed by atoms with Crippen molar-refractivity contribution in [2.75, 3.05) is 10.7 Å². The maximum absolute atomic E-state index is 5.49. The van der Waals surface area contributed by atoms with Gasteiger partial charge in [-0.25, -0.2) is 5.84 Å². The van der Waals surface area contributed by atoms with Crippen molar-refractivity contribution in [2.24, 2.45) is 5.84 Å². The lowest BCUT2D eigenvalue weighted by atomic mass is 10.2. The summed E-state index contributed by atoms with van der Waals surface area (Å²) in [6.07, 6.45) is 0.879. The van der Waals surface area contributed by atoms with Gasteiger partial charge in [0.2, 0.25) is 11.9 Å². The molecule has 0 aliphatic carbocycles. The molecule has 0 fully saturated rings. The number of anilines is 2. The predicted molar refractivity (Wildman–Crippen MR) is 84.5 cm³/mol. The fourth-order valence-electron chi connectivity index (χ4n) is 1.75. The molecule has 0 saturated heterocycles. The van der Waals surface area contributed by atoms with Crippen LogP contribution in [0.15, 0.2) is 17.5 Å². The third kappa shape index (κ3) is 4.83. The molecule has 0 aliphatic heterocycles. The van der Waals surface area contributed by atoms with Gasteiger partial charge in [-0.05, 0) is 32.2 Å². The van der Waals surface area contributed by atoms with Crippen molar-refractivity contribution in [1.82, 2.24) is 15.0 Å². The number of nitrogens with two attached hydrogens (primary N) is 1. The van der Waals surface area contributed by atoms with Gasteiger partial charge in [-0.3, -0.25) is 5.43 Å². The molecule has 0 saturated carbocycles. The normalized spacial score (nSPS) is 12.2. The fourth-order valence-corrected chi connectivity index (χ4v) is 2.59.